The molecular weight excluding hydrogens is 390 g/mol. The first-order valence-electron chi connectivity index (χ1n) is 8.47. The Morgan fingerprint density at radius 2 is 1.75 bits per heavy atom. The van der Waals surface area contributed by atoms with Gasteiger partial charge in [-0.15, -0.1) is 0 Å². The Morgan fingerprint density at radius 3 is 2.25 bits per heavy atom. The van der Waals surface area contributed by atoms with Gasteiger partial charge in [0.05, 0.1) is 30.5 Å². The third-order valence-electron chi connectivity index (χ3n) is 4.60. The van der Waals surface area contributed by atoms with E-state index in [1.54, 1.807) is 4.90 Å². The van der Waals surface area contributed by atoms with Crippen LogP contribution >= 0.6 is 0 Å². The smallest absolute Gasteiger partial charge is 0.416 e. The number of halogens is 6. The number of piperazine rings is 1. The number of nitrogens with one attached hydrogen (secondary N) is 1. The van der Waals surface area contributed by atoms with Crippen LogP contribution in [0.15, 0.2) is 34.9 Å². The standard InChI is InChI=1S/C18H18F6N2O2/c1-27-14-10-11(17(19,20)21)9-12(18(22,23)24)15(14)16(13-3-2-8-28-13)26-6-4-25-5-7-26/h2-3,8-10,16,25H,4-7H2,1H3/t16-/m1/s1. The lowest BCUT2D eigenvalue weighted by Crippen LogP contribution is -2.45. The molecule has 28 heavy (non-hydrogen) atoms. The minimum Gasteiger partial charge on any atom is -0.496 e. The number of hydrogen-bond donors (Lipinski definition) is 1. The normalized spacial score (nSPS) is 17.5. The van der Waals surface area contributed by atoms with Gasteiger partial charge in [0.1, 0.15) is 11.5 Å². The molecule has 0 bridgehead atoms. The van der Waals surface area contributed by atoms with Crippen molar-refractivity contribution in [3.05, 3.63) is 53.0 Å². The number of alkyl halides is 6. The molecule has 154 valence electrons. The van der Waals surface area contributed by atoms with Crippen LogP contribution in [0.4, 0.5) is 26.3 Å². The largest absolute Gasteiger partial charge is 0.496 e. The third kappa shape index (κ3) is 4.12. The van der Waals surface area contributed by atoms with Gasteiger partial charge in [-0.3, -0.25) is 4.90 Å². The van der Waals surface area contributed by atoms with Gasteiger partial charge in [-0.05, 0) is 24.3 Å². The Balaban J connectivity index is 2.26. The summed E-state index contributed by atoms with van der Waals surface area (Å²) < 4.78 is 91.3. The molecule has 10 heteroatoms. The first-order chi connectivity index (χ1) is 13.1. The molecule has 2 heterocycles. The summed E-state index contributed by atoms with van der Waals surface area (Å²) in [6.45, 7) is 1.85. The zero-order valence-corrected chi connectivity index (χ0v) is 14.8. The number of nitrogens with zero attached hydrogens (tertiary/aromatic N) is 1. The topological polar surface area (TPSA) is 37.6 Å². The van der Waals surface area contributed by atoms with Gasteiger partial charge < -0.3 is 14.5 Å². The van der Waals surface area contributed by atoms with Crippen molar-refractivity contribution in [3.8, 4) is 5.75 Å². The molecule has 0 aliphatic carbocycles. The molecular formula is C18H18F6N2O2. The van der Waals surface area contributed by atoms with Crippen molar-refractivity contribution >= 4 is 0 Å². The van der Waals surface area contributed by atoms with Crippen molar-refractivity contribution < 1.29 is 35.5 Å². The van der Waals surface area contributed by atoms with Crippen molar-refractivity contribution in [2.45, 2.75) is 18.4 Å². The Labute approximate surface area is 157 Å². The minimum absolute atomic E-state index is 0.135. The molecule has 1 aliphatic heterocycles. The average molecular weight is 408 g/mol. The zero-order valence-electron chi connectivity index (χ0n) is 14.8. The molecule has 3 rings (SSSR count). The molecule has 0 unspecified atom stereocenters. The first-order valence-corrected chi connectivity index (χ1v) is 8.47. The Hall–Kier alpha value is -2.20. The van der Waals surface area contributed by atoms with Crippen LogP contribution in [0.2, 0.25) is 0 Å². The summed E-state index contributed by atoms with van der Waals surface area (Å²) >= 11 is 0. The van der Waals surface area contributed by atoms with Crippen LogP contribution in [0.1, 0.15) is 28.5 Å². The van der Waals surface area contributed by atoms with Crippen LogP contribution in [0.3, 0.4) is 0 Å². The van der Waals surface area contributed by atoms with E-state index >= 15 is 0 Å². The molecule has 1 atom stereocenters. The molecule has 0 spiro atoms. The van der Waals surface area contributed by atoms with Crippen LogP contribution in [-0.4, -0.2) is 38.2 Å². The van der Waals surface area contributed by atoms with Crippen LogP contribution in [0.25, 0.3) is 0 Å². The fourth-order valence-electron chi connectivity index (χ4n) is 3.37. The quantitative estimate of drug-likeness (QED) is 0.765. The van der Waals surface area contributed by atoms with E-state index < -0.39 is 35.3 Å². The van der Waals surface area contributed by atoms with Gasteiger partial charge in [0.25, 0.3) is 0 Å². The van der Waals surface area contributed by atoms with Crippen molar-refractivity contribution in [1.29, 1.82) is 0 Å². The van der Waals surface area contributed by atoms with Crippen molar-refractivity contribution in [2.75, 3.05) is 33.3 Å². The Morgan fingerprint density at radius 1 is 1.07 bits per heavy atom. The lowest BCUT2D eigenvalue weighted by molar-refractivity contribution is -0.144. The highest BCUT2D eigenvalue weighted by Gasteiger charge is 2.43. The van der Waals surface area contributed by atoms with E-state index in [-0.39, 0.29) is 17.4 Å². The van der Waals surface area contributed by atoms with Gasteiger partial charge in [-0.25, -0.2) is 0 Å². The summed E-state index contributed by atoms with van der Waals surface area (Å²) in [6.07, 6.45) is -8.64. The summed E-state index contributed by atoms with van der Waals surface area (Å²) in [7, 11) is 1.05. The molecule has 1 aromatic carbocycles. The Bertz CT molecular complexity index is 796. The average Bonchev–Trinajstić information content (AvgIpc) is 3.15. The highest BCUT2D eigenvalue weighted by molar-refractivity contribution is 5.50. The second kappa shape index (κ2) is 7.67. The molecule has 0 radical (unpaired) electrons. The van der Waals surface area contributed by atoms with Gasteiger partial charge >= 0.3 is 12.4 Å². The maximum Gasteiger partial charge on any atom is 0.416 e. The molecule has 1 N–H and O–H groups in total. The molecule has 1 aromatic heterocycles. The van der Waals surface area contributed by atoms with E-state index in [1.165, 1.54) is 18.4 Å². The van der Waals surface area contributed by atoms with Crippen LogP contribution in [0, 0.1) is 0 Å². The molecule has 1 fully saturated rings. The van der Waals surface area contributed by atoms with Gasteiger partial charge in [0.2, 0.25) is 0 Å². The monoisotopic (exact) mass is 408 g/mol. The fourth-order valence-corrected chi connectivity index (χ4v) is 3.37. The van der Waals surface area contributed by atoms with Gasteiger partial charge in [0.15, 0.2) is 0 Å². The molecule has 0 saturated carbocycles. The van der Waals surface area contributed by atoms with Gasteiger partial charge in [-0.1, -0.05) is 0 Å². The third-order valence-corrected chi connectivity index (χ3v) is 4.60. The molecule has 1 aliphatic rings. The zero-order chi connectivity index (χ0) is 20.5. The maximum absolute atomic E-state index is 13.8. The second-order valence-corrected chi connectivity index (χ2v) is 6.34. The highest BCUT2D eigenvalue weighted by atomic mass is 19.4. The predicted octanol–water partition coefficient (Wildman–Crippen LogP) is 4.32. The summed E-state index contributed by atoms with van der Waals surface area (Å²) in [6, 6.07) is 2.72. The van der Waals surface area contributed by atoms with E-state index in [0.717, 1.165) is 7.11 Å². The van der Waals surface area contributed by atoms with E-state index in [9.17, 15) is 26.3 Å². The van der Waals surface area contributed by atoms with E-state index in [2.05, 4.69) is 5.32 Å². The fraction of sp³-hybridized carbons (Fsp3) is 0.444. The van der Waals surface area contributed by atoms with Crippen LogP contribution in [0.5, 0.6) is 5.75 Å². The van der Waals surface area contributed by atoms with Crippen LogP contribution < -0.4 is 10.1 Å². The Kier molecular flexibility index (Phi) is 5.62. The number of rotatable bonds is 4. The molecule has 0 amide bonds. The molecule has 1 saturated heterocycles. The van der Waals surface area contributed by atoms with Crippen LogP contribution in [-0.2, 0) is 12.4 Å². The lowest BCUT2D eigenvalue weighted by atomic mass is 9.92. The van der Waals surface area contributed by atoms with Crippen molar-refractivity contribution in [1.82, 2.24) is 10.2 Å². The van der Waals surface area contributed by atoms with E-state index in [4.69, 9.17) is 9.15 Å². The van der Waals surface area contributed by atoms with E-state index in [1.807, 2.05) is 0 Å². The maximum atomic E-state index is 13.8. The first kappa shape index (κ1) is 20.5. The van der Waals surface area contributed by atoms with Gasteiger partial charge in [0, 0.05) is 31.7 Å². The van der Waals surface area contributed by atoms with Gasteiger partial charge in [-0.2, -0.15) is 26.3 Å². The molecule has 4 nitrogen and oxygen atoms in total. The number of benzene rings is 1. The summed E-state index contributed by atoms with van der Waals surface area (Å²) in [5.41, 5.74) is -3.20. The summed E-state index contributed by atoms with van der Waals surface area (Å²) in [5.74, 6) is -0.285. The second-order valence-electron chi connectivity index (χ2n) is 6.34. The van der Waals surface area contributed by atoms with E-state index in [0.29, 0.717) is 32.2 Å². The minimum atomic E-state index is -5.01. The number of hydrogen-bond acceptors (Lipinski definition) is 4. The van der Waals surface area contributed by atoms with Crippen molar-refractivity contribution in [2.24, 2.45) is 0 Å². The highest BCUT2D eigenvalue weighted by Crippen LogP contribution is 2.46. The number of ether oxygens (including phenoxy) is 1. The number of furan rings is 1. The summed E-state index contributed by atoms with van der Waals surface area (Å²) in [5, 5.41) is 3.09. The summed E-state index contributed by atoms with van der Waals surface area (Å²) in [4.78, 5) is 1.73. The molecule has 2 aromatic rings. The SMILES string of the molecule is COc1cc(C(F)(F)F)cc(C(F)(F)F)c1[C@@H](c1ccco1)N1CCNCC1. The lowest BCUT2D eigenvalue weighted by Gasteiger charge is -2.36. The number of methoxy groups -OCH3 is 1. The predicted molar refractivity (Wildman–Crippen MR) is 88.0 cm³/mol. The van der Waals surface area contributed by atoms with Crippen molar-refractivity contribution in [3.63, 3.8) is 0 Å².